The van der Waals surface area contributed by atoms with Crippen LogP contribution in [0, 0.1) is 6.92 Å². The van der Waals surface area contributed by atoms with Gasteiger partial charge in [-0.3, -0.25) is 14.8 Å². The quantitative estimate of drug-likeness (QED) is 0.0446. The molecule has 16 nitrogen and oxygen atoms in total. The molecule has 12 rings (SSSR count). The topological polar surface area (TPSA) is 258 Å². The lowest BCUT2D eigenvalue weighted by Crippen LogP contribution is -2.18. The molecule has 394 valence electrons. The van der Waals surface area contributed by atoms with E-state index in [9.17, 15) is 9.59 Å². The van der Waals surface area contributed by atoms with E-state index in [-0.39, 0.29) is 11.1 Å². The number of Topliss-reactive ketones (excluding diaryl/α,β-unsaturated/α-hetero) is 1. The lowest BCUT2D eigenvalue weighted by molar-refractivity contribution is 0.0702. The second-order valence-electron chi connectivity index (χ2n) is 17.2. The summed E-state index contributed by atoms with van der Waals surface area (Å²) in [6, 6.07) is 37.7. The number of carbonyl (C=O) groups excluding carboxylic acids is 1. The van der Waals surface area contributed by atoms with Crippen molar-refractivity contribution in [2.24, 2.45) is 27.2 Å². The second kappa shape index (κ2) is 27.9. The Balaban J connectivity index is 0.000000140. The molecule has 7 heterocycles. The zero-order valence-corrected chi connectivity index (χ0v) is 46.9. The number of benzene rings is 5. The number of aromatic amines is 1. The summed E-state index contributed by atoms with van der Waals surface area (Å²) in [6.45, 7) is 8.53. The van der Waals surface area contributed by atoms with Gasteiger partial charge in [0.2, 0.25) is 5.28 Å². The molecule has 1 saturated heterocycles. The molecule has 1 atom stereocenters. The number of ether oxygens (including phenoxy) is 1. The van der Waals surface area contributed by atoms with E-state index >= 15 is 0 Å². The Kier molecular flexibility index (Phi) is 20.7. The van der Waals surface area contributed by atoms with Crippen molar-refractivity contribution in [2.45, 2.75) is 46.3 Å². The first-order chi connectivity index (χ1) is 37.1. The summed E-state index contributed by atoms with van der Waals surface area (Å²) < 4.78 is 7.91. The van der Waals surface area contributed by atoms with E-state index in [4.69, 9.17) is 38.6 Å². The van der Waals surface area contributed by atoms with Crippen LogP contribution in [0.3, 0.4) is 0 Å². The predicted octanol–water partition coefficient (Wildman–Crippen LogP) is 13.0. The average Bonchev–Trinajstić information content (AvgIpc) is 4.29. The molecule has 77 heavy (non-hydrogen) atoms. The van der Waals surface area contributed by atoms with E-state index < -0.39 is 5.97 Å². The zero-order chi connectivity index (χ0) is 54.8. The number of aromatic nitrogens is 5. The number of nitrogens with two attached hydrogens (primary N) is 3. The first kappa shape index (κ1) is 57.1. The molecule has 0 radical (unpaired) electrons. The molecule has 20 heteroatoms. The Hall–Kier alpha value is -7.65. The van der Waals surface area contributed by atoms with E-state index in [1.807, 2.05) is 111 Å². The minimum absolute atomic E-state index is 0.0623. The molecule has 1 unspecified atom stereocenters. The fourth-order valence-corrected chi connectivity index (χ4v) is 9.50. The van der Waals surface area contributed by atoms with Crippen LogP contribution in [-0.4, -0.2) is 73.5 Å². The maximum atomic E-state index is 11.1. The standard InChI is InChI=1S/C17H14N4.C12H9ClN4.C10H8BrNO.C9H5BrO2S.C5H10N2.C4H9NO/c1-11-19-16-5-3-2-4-15(16)17(20-11)21-14-7-6-12-9-18-10-13(12)8-14;13-12-15-4-3-11(17-12)16-10-2-1-8-6-14-7-9(8)5-10;1-6(13)9-4-7-2-3-8(11)5-10(7)12-9;10-6-2-1-5-3-8(9(11)12)13-7(5)4-6;1-2-3-5(7)4-6;5-4-1-2-6-3-4/h2-8,10H,9H2,1H3,(H,19,20,21);1-5,7H,6H2,(H,15,16,17);2-5,12H,1H3;1-4H,(H,11,12);2-4H,6-7H2,1H3;4H,1-3,5H2/b;;;;3-2-,5-4+;. The van der Waals surface area contributed by atoms with Crippen LogP contribution in [0.25, 0.3) is 31.9 Å². The number of nitrogens with zero attached hydrogens (tertiary/aromatic N) is 6. The van der Waals surface area contributed by atoms with Crippen molar-refractivity contribution >= 4 is 134 Å². The minimum Gasteiger partial charge on any atom is -0.477 e. The monoisotopic (exact) mass is 1200 g/mol. The number of allylic oxidation sites excluding steroid dienone is 2. The summed E-state index contributed by atoms with van der Waals surface area (Å²) in [5.74, 6) is 1.48. The second-order valence-corrected chi connectivity index (χ2v) is 20.5. The first-order valence-corrected chi connectivity index (χ1v) is 26.8. The number of halogens is 3. The van der Waals surface area contributed by atoms with E-state index in [1.54, 1.807) is 31.3 Å². The van der Waals surface area contributed by atoms with Crippen molar-refractivity contribution in [3.63, 3.8) is 0 Å². The Morgan fingerprint density at radius 1 is 0.844 bits per heavy atom. The number of aliphatic imine (C=N–C) groups is 2. The third-order valence-corrected chi connectivity index (χ3v) is 13.6. The average molecular weight is 1200 g/mol. The van der Waals surface area contributed by atoms with Crippen LogP contribution in [0.4, 0.5) is 23.0 Å². The van der Waals surface area contributed by atoms with Crippen molar-refractivity contribution in [1.29, 1.82) is 0 Å². The number of hydrogen-bond acceptors (Lipinski definition) is 15. The highest BCUT2D eigenvalue weighted by atomic mass is 79.9. The maximum Gasteiger partial charge on any atom is 0.345 e. The van der Waals surface area contributed by atoms with Crippen LogP contribution >= 0.6 is 54.8 Å². The van der Waals surface area contributed by atoms with Gasteiger partial charge in [-0.15, -0.1) is 11.3 Å². The lowest BCUT2D eigenvalue weighted by atomic mass is 10.1. The molecule has 0 spiro atoms. The number of thiophene rings is 1. The number of carboxylic acid groups (broad SMARTS) is 1. The molecule has 9 aromatic rings. The third-order valence-electron chi connectivity index (χ3n) is 11.3. The molecule has 4 aromatic heterocycles. The van der Waals surface area contributed by atoms with Crippen LogP contribution in [0.15, 0.2) is 164 Å². The molecular formula is C57H55Br2ClN12O4S. The van der Waals surface area contributed by atoms with E-state index in [0.29, 0.717) is 28.1 Å². The normalized spacial score (nSPS) is 13.6. The predicted molar refractivity (Wildman–Crippen MR) is 321 cm³/mol. The molecule has 0 aliphatic carbocycles. The number of aromatic carboxylic acids is 1. The molecule has 0 amide bonds. The van der Waals surface area contributed by atoms with Crippen molar-refractivity contribution in [3.8, 4) is 0 Å². The highest BCUT2D eigenvalue weighted by Gasteiger charge is 2.12. The molecule has 1 fully saturated rings. The number of rotatable bonds is 7. The molecule has 3 aliphatic heterocycles. The summed E-state index contributed by atoms with van der Waals surface area (Å²) in [6.07, 6.45) is 11.4. The molecule has 3 aliphatic rings. The number of fused-ring (bicyclic) bond motifs is 5. The number of H-pyrrole nitrogens is 1. The lowest BCUT2D eigenvalue weighted by Gasteiger charge is -2.10. The molecule has 10 N–H and O–H groups in total. The van der Waals surface area contributed by atoms with Crippen LogP contribution in [0.5, 0.6) is 0 Å². The number of hydrogen-bond donors (Lipinski definition) is 7. The number of carboxylic acids is 1. The molecule has 0 saturated carbocycles. The highest BCUT2D eigenvalue weighted by Crippen LogP contribution is 2.29. The van der Waals surface area contributed by atoms with Gasteiger partial charge in [-0.1, -0.05) is 74.3 Å². The fraction of sp³-hybridized carbons (Fsp3) is 0.158. The van der Waals surface area contributed by atoms with Crippen LogP contribution in [0.2, 0.25) is 5.28 Å². The summed E-state index contributed by atoms with van der Waals surface area (Å²) in [4.78, 5) is 50.6. The number of aryl methyl sites for hydroxylation is 1. The molecule has 0 bridgehead atoms. The van der Waals surface area contributed by atoms with Gasteiger partial charge in [0, 0.05) is 91.4 Å². The van der Waals surface area contributed by atoms with Gasteiger partial charge in [0.15, 0.2) is 5.78 Å². The van der Waals surface area contributed by atoms with Gasteiger partial charge in [0.25, 0.3) is 0 Å². The molecule has 5 aromatic carbocycles. The Bertz CT molecular complexity index is 3560. The van der Waals surface area contributed by atoms with Gasteiger partial charge < -0.3 is 42.7 Å². The van der Waals surface area contributed by atoms with Gasteiger partial charge in [-0.25, -0.2) is 24.7 Å². The maximum absolute atomic E-state index is 11.1. The van der Waals surface area contributed by atoms with E-state index in [1.165, 1.54) is 34.2 Å². The minimum atomic E-state index is -0.864. The number of nitrogens with one attached hydrogen (secondary N) is 3. The SMILES string of the molecule is C/C=C\C(N)=C/N.CC(=O)c1cc2ccc(Br)cc2[nH]1.Cc1nc(Nc2ccc3c(c2)C=NC3)c2ccccc2n1.Clc1nccc(Nc2ccc3c(c2)C=NC3)n1.NC1CCOC1.O=C(O)c1cc2ccc(Br)cc2s1. The number of ketones is 1. The highest BCUT2D eigenvalue weighted by molar-refractivity contribution is 9.10. The molecular weight excluding hydrogens is 1140 g/mol. The van der Waals surface area contributed by atoms with Gasteiger partial charge in [-0.2, -0.15) is 0 Å². The largest absolute Gasteiger partial charge is 0.477 e. The van der Waals surface area contributed by atoms with Gasteiger partial charge in [0.05, 0.1) is 30.9 Å². The van der Waals surface area contributed by atoms with E-state index in [0.717, 1.165) is 102 Å². The smallest absolute Gasteiger partial charge is 0.345 e. The van der Waals surface area contributed by atoms with Crippen molar-refractivity contribution < 1.29 is 19.4 Å². The summed E-state index contributed by atoms with van der Waals surface area (Å²) in [5.41, 5.74) is 25.7. The van der Waals surface area contributed by atoms with E-state index in [2.05, 4.69) is 102 Å². The van der Waals surface area contributed by atoms with Crippen LogP contribution in [-0.2, 0) is 17.8 Å². The third kappa shape index (κ3) is 16.9. The van der Waals surface area contributed by atoms with Crippen molar-refractivity contribution in [3.05, 3.63) is 198 Å². The number of para-hydroxylation sites is 1. The van der Waals surface area contributed by atoms with Crippen LogP contribution in [0.1, 0.15) is 68.5 Å². The number of anilines is 4. The Morgan fingerprint density at radius 3 is 2.12 bits per heavy atom. The Morgan fingerprint density at radius 2 is 1.52 bits per heavy atom. The van der Waals surface area contributed by atoms with Crippen molar-refractivity contribution in [1.82, 2.24) is 24.9 Å². The number of carbonyl (C=O) groups is 2. The summed E-state index contributed by atoms with van der Waals surface area (Å²) >= 11 is 13.7. The fourth-order valence-electron chi connectivity index (χ4n) is 7.54. The van der Waals surface area contributed by atoms with Crippen LogP contribution < -0.4 is 27.8 Å². The first-order valence-electron chi connectivity index (χ1n) is 24.0. The Labute approximate surface area is 471 Å². The summed E-state index contributed by atoms with van der Waals surface area (Å²) in [5, 5.41) is 18.6. The van der Waals surface area contributed by atoms with Gasteiger partial charge in [0.1, 0.15) is 22.3 Å². The van der Waals surface area contributed by atoms with Crippen molar-refractivity contribution in [2.75, 3.05) is 23.8 Å². The van der Waals surface area contributed by atoms with Gasteiger partial charge in [-0.05, 0) is 144 Å². The summed E-state index contributed by atoms with van der Waals surface area (Å²) in [7, 11) is 0. The van der Waals surface area contributed by atoms with Gasteiger partial charge >= 0.3 is 5.97 Å². The zero-order valence-electron chi connectivity index (χ0n) is 42.2.